The van der Waals surface area contributed by atoms with Crippen molar-refractivity contribution in [3.05, 3.63) is 39.9 Å². The number of nitrogens with zero attached hydrogens (tertiary/aromatic N) is 2. The molecule has 0 spiro atoms. The average Bonchev–Trinajstić information content (AvgIpc) is 2.95. The number of aliphatic hydroxyl groups excluding tert-OH is 1. The number of halogens is 1. The summed E-state index contributed by atoms with van der Waals surface area (Å²) < 4.78 is 0. The fourth-order valence-corrected chi connectivity index (χ4v) is 3.10. The lowest BCUT2D eigenvalue weighted by Gasteiger charge is -2.14. The number of hydrogen-bond donors (Lipinski definition) is 2. The van der Waals surface area contributed by atoms with E-state index >= 15 is 0 Å². The Balaban J connectivity index is 2.06. The van der Waals surface area contributed by atoms with Gasteiger partial charge >= 0.3 is 0 Å². The van der Waals surface area contributed by atoms with Gasteiger partial charge in [0.2, 0.25) is 5.91 Å². The number of amides is 1. The summed E-state index contributed by atoms with van der Waals surface area (Å²) in [4.78, 5) is 17.6. The molecule has 0 aliphatic heterocycles. The third-order valence-corrected chi connectivity index (χ3v) is 4.38. The van der Waals surface area contributed by atoms with Gasteiger partial charge in [-0.05, 0) is 24.6 Å². The number of anilines is 2. The number of hydrogen-bond acceptors (Lipinski definition) is 5. The Morgan fingerprint density at radius 3 is 2.91 bits per heavy atom. The topological polar surface area (TPSA) is 65.5 Å². The minimum atomic E-state index is -0.0310. The molecule has 0 fully saturated rings. The second kappa shape index (κ2) is 7.58. The van der Waals surface area contributed by atoms with Gasteiger partial charge in [0.1, 0.15) is 0 Å². The fraction of sp³-hybridized carbons (Fsp3) is 0.333. The highest BCUT2D eigenvalue weighted by molar-refractivity contribution is 7.14. The van der Waals surface area contributed by atoms with Crippen molar-refractivity contribution in [1.29, 1.82) is 0 Å². The van der Waals surface area contributed by atoms with E-state index in [-0.39, 0.29) is 12.5 Å². The van der Waals surface area contributed by atoms with Crippen LogP contribution in [0.2, 0.25) is 5.02 Å². The summed E-state index contributed by atoms with van der Waals surface area (Å²) in [5.74, 6) is -0.0185. The van der Waals surface area contributed by atoms with Gasteiger partial charge in [-0.1, -0.05) is 17.7 Å². The van der Waals surface area contributed by atoms with E-state index in [0.717, 1.165) is 16.9 Å². The monoisotopic (exact) mass is 339 g/mol. The van der Waals surface area contributed by atoms with Crippen molar-refractivity contribution >= 4 is 39.7 Å². The van der Waals surface area contributed by atoms with Crippen molar-refractivity contribution in [2.75, 3.05) is 16.8 Å². The van der Waals surface area contributed by atoms with Crippen LogP contribution in [0.5, 0.6) is 0 Å². The van der Waals surface area contributed by atoms with E-state index in [1.807, 2.05) is 18.4 Å². The molecule has 0 aliphatic rings. The van der Waals surface area contributed by atoms with Crippen LogP contribution >= 0.6 is 22.9 Å². The van der Waals surface area contributed by atoms with Crippen molar-refractivity contribution < 1.29 is 9.90 Å². The van der Waals surface area contributed by atoms with Crippen molar-refractivity contribution in [2.45, 2.75) is 27.0 Å². The lowest BCUT2D eigenvalue weighted by Crippen LogP contribution is -2.27. The first-order chi connectivity index (χ1) is 10.5. The Labute approximate surface area is 138 Å². The van der Waals surface area contributed by atoms with Crippen molar-refractivity contribution in [3.8, 4) is 0 Å². The number of carbonyl (C=O) groups is 1. The molecule has 1 heterocycles. The van der Waals surface area contributed by atoms with E-state index < -0.39 is 0 Å². The van der Waals surface area contributed by atoms with Gasteiger partial charge < -0.3 is 10.4 Å². The fourth-order valence-electron chi connectivity index (χ4n) is 1.99. The van der Waals surface area contributed by atoms with Crippen LogP contribution in [-0.2, 0) is 17.9 Å². The lowest BCUT2D eigenvalue weighted by atomic mass is 10.2. The smallest absolute Gasteiger partial charge is 0.225 e. The molecule has 1 aromatic carbocycles. The van der Waals surface area contributed by atoms with Gasteiger partial charge in [-0.25, -0.2) is 4.98 Å². The first kappa shape index (κ1) is 16.7. The van der Waals surface area contributed by atoms with Gasteiger partial charge in [-0.15, -0.1) is 11.3 Å². The number of aliphatic hydroxyl groups is 1. The van der Waals surface area contributed by atoms with Crippen LogP contribution in [0.15, 0.2) is 23.6 Å². The molecular formula is C15H18ClN3O2S. The molecule has 2 aromatic rings. The maximum atomic E-state index is 11.5. The molecule has 2 rings (SSSR count). The van der Waals surface area contributed by atoms with Crippen LogP contribution in [0.25, 0.3) is 0 Å². The zero-order chi connectivity index (χ0) is 16.1. The first-order valence-electron chi connectivity index (χ1n) is 6.90. The molecule has 7 heteroatoms. The van der Waals surface area contributed by atoms with E-state index in [1.54, 1.807) is 17.0 Å². The molecular weight excluding hydrogens is 322 g/mol. The Bertz CT molecular complexity index is 660. The van der Waals surface area contributed by atoms with Crippen molar-refractivity contribution in [3.63, 3.8) is 0 Å². The molecule has 22 heavy (non-hydrogen) atoms. The quantitative estimate of drug-likeness (QED) is 0.847. The highest BCUT2D eigenvalue weighted by Crippen LogP contribution is 2.25. The first-order valence-corrected chi connectivity index (χ1v) is 8.16. The Kier molecular flexibility index (Phi) is 5.76. The van der Waals surface area contributed by atoms with Gasteiger partial charge in [0.05, 0.1) is 29.6 Å². The molecule has 0 bridgehead atoms. The predicted molar refractivity (Wildman–Crippen MR) is 90.5 cm³/mol. The van der Waals surface area contributed by atoms with E-state index in [4.69, 9.17) is 16.7 Å². The Morgan fingerprint density at radius 1 is 1.50 bits per heavy atom. The minimum Gasteiger partial charge on any atom is -0.392 e. The second-order valence-electron chi connectivity index (χ2n) is 4.71. The SMILES string of the molecule is CCN(C(C)=O)c1nc(CNc2cc(CO)ccc2Cl)cs1. The minimum absolute atomic E-state index is 0.0185. The third kappa shape index (κ3) is 3.97. The molecule has 1 aromatic heterocycles. The van der Waals surface area contributed by atoms with Crippen LogP contribution in [0.4, 0.5) is 10.8 Å². The summed E-state index contributed by atoms with van der Waals surface area (Å²) in [5, 5.41) is 15.6. The molecule has 5 nitrogen and oxygen atoms in total. The molecule has 2 N–H and O–H groups in total. The van der Waals surface area contributed by atoms with Crippen LogP contribution in [-0.4, -0.2) is 22.5 Å². The normalized spacial score (nSPS) is 10.5. The standard InChI is InChI=1S/C15H18ClN3O2S/c1-3-19(10(2)21)15-18-12(9-22-15)7-17-14-6-11(8-20)4-5-13(14)16/h4-6,9,17,20H,3,7-8H2,1-2H3. The number of benzene rings is 1. The van der Waals surface area contributed by atoms with Crippen LogP contribution in [0.3, 0.4) is 0 Å². The molecule has 0 saturated carbocycles. The predicted octanol–water partition coefficient (Wildman–Crippen LogP) is 3.27. The van der Waals surface area contributed by atoms with Crippen LogP contribution < -0.4 is 10.2 Å². The van der Waals surface area contributed by atoms with Gasteiger partial charge in [0.15, 0.2) is 5.13 Å². The molecule has 0 unspecified atom stereocenters. The van der Waals surface area contributed by atoms with Gasteiger partial charge in [-0.2, -0.15) is 0 Å². The summed E-state index contributed by atoms with van der Waals surface area (Å²) in [7, 11) is 0. The highest BCUT2D eigenvalue weighted by atomic mass is 35.5. The number of thiazole rings is 1. The molecule has 118 valence electrons. The van der Waals surface area contributed by atoms with E-state index in [2.05, 4.69) is 10.3 Å². The maximum Gasteiger partial charge on any atom is 0.225 e. The molecule has 0 aliphatic carbocycles. The van der Waals surface area contributed by atoms with Crippen molar-refractivity contribution in [1.82, 2.24) is 4.98 Å². The molecule has 0 saturated heterocycles. The Morgan fingerprint density at radius 2 is 2.27 bits per heavy atom. The van der Waals surface area contributed by atoms with E-state index in [1.165, 1.54) is 18.3 Å². The zero-order valence-electron chi connectivity index (χ0n) is 12.5. The van der Waals surface area contributed by atoms with Crippen molar-refractivity contribution in [2.24, 2.45) is 0 Å². The largest absolute Gasteiger partial charge is 0.392 e. The number of carbonyl (C=O) groups excluding carboxylic acids is 1. The third-order valence-electron chi connectivity index (χ3n) is 3.14. The van der Waals surface area contributed by atoms with Gasteiger partial charge in [0.25, 0.3) is 0 Å². The summed E-state index contributed by atoms with van der Waals surface area (Å²) in [6.45, 7) is 4.52. The van der Waals surface area contributed by atoms with Gasteiger partial charge in [-0.3, -0.25) is 9.69 Å². The highest BCUT2D eigenvalue weighted by Gasteiger charge is 2.13. The number of aromatic nitrogens is 1. The Hall–Kier alpha value is -1.63. The average molecular weight is 340 g/mol. The van der Waals surface area contributed by atoms with E-state index in [9.17, 15) is 4.79 Å². The summed E-state index contributed by atoms with van der Waals surface area (Å²) in [6.07, 6.45) is 0. The van der Waals surface area contributed by atoms with Crippen LogP contribution in [0.1, 0.15) is 25.1 Å². The molecule has 1 amide bonds. The summed E-state index contributed by atoms with van der Waals surface area (Å²) >= 11 is 7.56. The summed E-state index contributed by atoms with van der Waals surface area (Å²) in [5.41, 5.74) is 2.38. The lowest BCUT2D eigenvalue weighted by molar-refractivity contribution is -0.116. The van der Waals surface area contributed by atoms with Gasteiger partial charge in [0, 0.05) is 18.8 Å². The second-order valence-corrected chi connectivity index (χ2v) is 5.95. The van der Waals surface area contributed by atoms with E-state index in [0.29, 0.717) is 23.2 Å². The molecule has 0 radical (unpaired) electrons. The maximum absolute atomic E-state index is 11.5. The number of nitrogens with one attached hydrogen (secondary N) is 1. The zero-order valence-corrected chi connectivity index (χ0v) is 14.0. The number of rotatable bonds is 6. The van der Waals surface area contributed by atoms with Crippen LogP contribution in [0, 0.1) is 0 Å². The summed E-state index contributed by atoms with van der Waals surface area (Å²) in [6, 6.07) is 5.33. The molecule has 0 atom stereocenters.